The number of hydrogen-bond donors (Lipinski definition) is 1. The van der Waals surface area contributed by atoms with Gasteiger partial charge in [-0.25, -0.2) is 0 Å². The Balaban J connectivity index is 2.19. The molecule has 1 unspecified atom stereocenters. The van der Waals surface area contributed by atoms with E-state index in [1.165, 1.54) is 5.56 Å². The van der Waals surface area contributed by atoms with Gasteiger partial charge < -0.3 is 10.1 Å². The summed E-state index contributed by atoms with van der Waals surface area (Å²) in [6.07, 6.45) is 0.828. The van der Waals surface area contributed by atoms with Crippen molar-refractivity contribution in [3.8, 4) is 0 Å². The zero-order chi connectivity index (χ0) is 13.1. The summed E-state index contributed by atoms with van der Waals surface area (Å²) in [7, 11) is 0. The van der Waals surface area contributed by atoms with Gasteiger partial charge in [0.05, 0.1) is 12.5 Å². The Hall–Kier alpha value is -1.35. The van der Waals surface area contributed by atoms with Gasteiger partial charge in [0.25, 0.3) is 0 Å². The highest BCUT2D eigenvalue weighted by Crippen LogP contribution is 2.28. The van der Waals surface area contributed by atoms with Crippen molar-refractivity contribution in [1.29, 1.82) is 0 Å². The fourth-order valence-corrected chi connectivity index (χ4v) is 2.31. The van der Waals surface area contributed by atoms with Crippen LogP contribution < -0.4 is 5.32 Å². The highest BCUT2D eigenvalue weighted by atomic mass is 16.5. The first-order valence-electron chi connectivity index (χ1n) is 6.57. The van der Waals surface area contributed by atoms with E-state index in [1.807, 2.05) is 19.1 Å². The van der Waals surface area contributed by atoms with Gasteiger partial charge in [0.1, 0.15) is 0 Å². The van der Waals surface area contributed by atoms with Crippen LogP contribution in [0.25, 0.3) is 0 Å². The molecule has 1 N–H and O–H groups in total. The highest BCUT2D eigenvalue weighted by Gasteiger charge is 2.24. The maximum atomic E-state index is 12.2. The molecular formula is C15H21NO2. The van der Waals surface area contributed by atoms with Crippen molar-refractivity contribution in [1.82, 2.24) is 0 Å². The van der Waals surface area contributed by atoms with Gasteiger partial charge in [-0.2, -0.15) is 0 Å². The number of hydrogen-bond acceptors (Lipinski definition) is 2. The van der Waals surface area contributed by atoms with Gasteiger partial charge in [-0.3, -0.25) is 4.79 Å². The van der Waals surface area contributed by atoms with Crippen molar-refractivity contribution in [3.63, 3.8) is 0 Å². The van der Waals surface area contributed by atoms with Crippen LogP contribution in [0.4, 0.5) is 5.69 Å². The van der Waals surface area contributed by atoms with Crippen LogP contribution in [0.3, 0.4) is 0 Å². The number of nitrogens with one attached hydrogen (secondary N) is 1. The lowest BCUT2D eigenvalue weighted by Gasteiger charge is -2.18. The molecule has 1 amide bonds. The average Bonchev–Trinajstić information content (AvgIpc) is 2.85. The first-order valence-corrected chi connectivity index (χ1v) is 6.57. The minimum absolute atomic E-state index is 0.00428. The Morgan fingerprint density at radius 2 is 2.22 bits per heavy atom. The molecule has 1 aromatic carbocycles. The molecular weight excluding hydrogens is 226 g/mol. The van der Waals surface area contributed by atoms with E-state index in [-0.39, 0.29) is 11.8 Å². The van der Waals surface area contributed by atoms with E-state index in [1.54, 1.807) is 0 Å². The number of ether oxygens (including phenoxy) is 1. The van der Waals surface area contributed by atoms with Crippen molar-refractivity contribution in [3.05, 3.63) is 29.3 Å². The molecule has 18 heavy (non-hydrogen) atoms. The van der Waals surface area contributed by atoms with Gasteiger partial charge in [-0.1, -0.05) is 32.0 Å². The van der Waals surface area contributed by atoms with Gasteiger partial charge >= 0.3 is 0 Å². The minimum atomic E-state index is 0.00428. The molecule has 0 aliphatic carbocycles. The lowest BCUT2D eigenvalue weighted by Crippen LogP contribution is -2.24. The van der Waals surface area contributed by atoms with E-state index < -0.39 is 0 Å². The first kappa shape index (κ1) is 13.1. The third-order valence-corrected chi connectivity index (χ3v) is 3.48. The molecule has 1 aliphatic rings. The number of aryl methyl sites for hydroxylation is 1. The maximum absolute atomic E-state index is 12.2. The van der Waals surface area contributed by atoms with Gasteiger partial charge in [0.15, 0.2) is 0 Å². The summed E-state index contributed by atoms with van der Waals surface area (Å²) < 4.78 is 5.26. The van der Waals surface area contributed by atoms with E-state index in [4.69, 9.17) is 4.74 Å². The number of para-hydroxylation sites is 1. The lowest BCUT2D eigenvalue weighted by molar-refractivity contribution is -0.119. The van der Waals surface area contributed by atoms with Crippen LogP contribution in [0.2, 0.25) is 0 Å². The molecule has 1 fully saturated rings. The molecule has 1 atom stereocenters. The Morgan fingerprint density at radius 3 is 2.83 bits per heavy atom. The topological polar surface area (TPSA) is 38.3 Å². The summed E-state index contributed by atoms with van der Waals surface area (Å²) in [4.78, 5) is 12.2. The van der Waals surface area contributed by atoms with Crippen molar-refractivity contribution >= 4 is 11.6 Å². The smallest absolute Gasteiger partial charge is 0.229 e. The Bertz CT molecular complexity index is 434. The number of amides is 1. The standard InChI is InChI=1S/C15H21NO2/c1-10(2)13-6-4-5-11(3)14(13)16-15(17)12-7-8-18-9-12/h4-6,10,12H,7-9H2,1-3H3,(H,16,17). The molecule has 98 valence electrons. The van der Waals surface area contributed by atoms with Crippen molar-refractivity contribution in [2.45, 2.75) is 33.1 Å². The van der Waals surface area contributed by atoms with E-state index in [2.05, 4.69) is 25.2 Å². The predicted octanol–water partition coefficient (Wildman–Crippen LogP) is 3.09. The largest absolute Gasteiger partial charge is 0.381 e. The minimum Gasteiger partial charge on any atom is -0.381 e. The second-order valence-corrected chi connectivity index (χ2v) is 5.24. The molecule has 0 saturated carbocycles. The van der Waals surface area contributed by atoms with E-state index in [9.17, 15) is 4.79 Å². The molecule has 0 spiro atoms. The third kappa shape index (κ3) is 2.72. The number of benzene rings is 1. The normalized spacial score (nSPS) is 19.2. The zero-order valence-corrected chi connectivity index (χ0v) is 11.3. The summed E-state index contributed by atoms with van der Waals surface area (Å²) in [5.74, 6) is 0.494. The lowest BCUT2D eigenvalue weighted by atomic mass is 9.97. The molecule has 1 aliphatic heterocycles. The summed E-state index contributed by atoms with van der Waals surface area (Å²) in [5.41, 5.74) is 3.29. The molecule has 1 saturated heterocycles. The second-order valence-electron chi connectivity index (χ2n) is 5.24. The summed E-state index contributed by atoms with van der Waals surface area (Å²) in [6, 6.07) is 6.16. The molecule has 0 bridgehead atoms. The number of anilines is 1. The van der Waals surface area contributed by atoms with Crippen LogP contribution in [0.15, 0.2) is 18.2 Å². The first-order chi connectivity index (χ1) is 8.59. The highest BCUT2D eigenvalue weighted by molar-refractivity contribution is 5.94. The van der Waals surface area contributed by atoms with Crippen LogP contribution in [0, 0.1) is 12.8 Å². The Morgan fingerprint density at radius 1 is 1.44 bits per heavy atom. The molecule has 1 heterocycles. The fraction of sp³-hybridized carbons (Fsp3) is 0.533. The molecule has 3 heteroatoms. The van der Waals surface area contributed by atoms with E-state index in [0.717, 1.165) is 17.7 Å². The molecule has 0 radical (unpaired) electrons. The predicted molar refractivity (Wildman–Crippen MR) is 72.8 cm³/mol. The monoisotopic (exact) mass is 247 g/mol. The summed E-state index contributed by atoms with van der Waals surface area (Å²) >= 11 is 0. The number of carbonyl (C=O) groups excluding carboxylic acids is 1. The number of rotatable bonds is 3. The number of carbonyl (C=O) groups is 1. The van der Waals surface area contributed by atoms with Crippen LogP contribution in [0.1, 0.15) is 37.3 Å². The average molecular weight is 247 g/mol. The maximum Gasteiger partial charge on any atom is 0.229 e. The zero-order valence-electron chi connectivity index (χ0n) is 11.3. The Kier molecular flexibility index (Phi) is 4.02. The van der Waals surface area contributed by atoms with Crippen molar-refractivity contribution in [2.75, 3.05) is 18.5 Å². The molecule has 0 aromatic heterocycles. The quantitative estimate of drug-likeness (QED) is 0.891. The van der Waals surface area contributed by atoms with Crippen LogP contribution >= 0.6 is 0 Å². The summed E-state index contributed by atoms with van der Waals surface area (Å²) in [5, 5.41) is 3.08. The molecule has 3 nitrogen and oxygen atoms in total. The van der Waals surface area contributed by atoms with E-state index >= 15 is 0 Å². The SMILES string of the molecule is Cc1cccc(C(C)C)c1NC(=O)C1CCOC1. The third-order valence-electron chi connectivity index (χ3n) is 3.48. The van der Waals surface area contributed by atoms with E-state index in [0.29, 0.717) is 19.1 Å². The van der Waals surface area contributed by atoms with Gasteiger partial charge in [-0.15, -0.1) is 0 Å². The Labute approximate surface area is 109 Å². The van der Waals surface area contributed by atoms with Gasteiger partial charge in [-0.05, 0) is 30.4 Å². The van der Waals surface area contributed by atoms with Crippen LogP contribution in [0.5, 0.6) is 0 Å². The van der Waals surface area contributed by atoms with Crippen molar-refractivity contribution < 1.29 is 9.53 Å². The molecule has 1 aromatic rings. The van der Waals surface area contributed by atoms with Crippen LogP contribution in [-0.4, -0.2) is 19.1 Å². The van der Waals surface area contributed by atoms with Gasteiger partial charge in [0, 0.05) is 12.3 Å². The fourth-order valence-electron chi connectivity index (χ4n) is 2.31. The van der Waals surface area contributed by atoms with Gasteiger partial charge in [0.2, 0.25) is 5.91 Å². The van der Waals surface area contributed by atoms with Crippen LogP contribution in [-0.2, 0) is 9.53 Å². The van der Waals surface area contributed by atoms with Crippen molar-refractivity contribution in [2.24, 2.45) is 5.92 Å². The summed E-state index contributed by atoms with van der Waals surface area (Å²) in [6.45, 7) is 7.57. The molecule has 2 rings (SSSR count). The second kappa shape index (κ2) is 5.53.